The molecule has 1 aliphatic carbocycles. The first kappa shape index (κ1) is 24.4. The largest absolute Gasteiger partial charge is 0.492 e. The van der Waals surface area contributed by atoms with E-state index in [9.17, 15) is 17.6 Å². The van der Waals surface area contributed by atoms with E-state index in [1.54, 1.807) is 12.1 Å². The van der Waals surface area contributed by atoms with Crippen molar-refractivity contribution in [1.82, 2.24) is 4.90 Å². The molecule has 0 aromatic heterocycles. The van der Waals surface area contributed by atoms with Gasteiger partial charge in [0.15, 0.2) is 9.84 Å². The van der Waals surface area contributed by atoms with E-state index in [1.165, 1.54) is 19.2 Å². The van der Waals surface area contributed by atoms with Gasteiger partial charge >= 0.3 is 5.97 Å². The first-order valence-electron chi connectivity index (χ1n) is 11.6. The van der Waals surface area contributed by atoms with Gasteiger partial charge in [0.2, 0.25) is 0 Å². The van der Waals surface area contributed by atoms with Gasteiger partial charge in [-0.3, -0.25) is 0 Å². The van der Waals surface area contributed by atoms with Gasteiger partial charge in [-0.05, 0) is 60.3 Å². The maximum absolute atomic E-state index is 14.0. The highest BCUT2D eigenvalue weighted by Gasteiger charge is 2.45. The molecule has 8 heteroatoms. The molecule has 0 saturated heterocycles. The van der Waals surface area contributed by atoms with Crippen molar-refractivity contribution in [2.45, 2.75) is 36.8 Å². The molecule has 2 aromatic carbocycles. The van der Waals surface area contributed by atoms with Crippen molar-refractivity contribution >= 4 is 21.9 Å². The number of carbonyl (C=O) groups is 1. The highest BCUT2D eigenvalue weighted by Crippen LogP contribution is 2.55. The van der Waals surface area contributed by atoms with Gasteiger partial charge in [-0.1, -0.05) is 38.1 Å². The zero-order valence-electron chi connectivity index (χ0n) is 19.7. The van der Waals surface area contributed by atoms with Gasteiger partial charge in [-0.2, -0.15) is 0 Å². The molecule has 2 aromatic rings. The third-order valence-corrected chi connectivity index (χ3v) is 8.37. The number of ether oxygens (including phenoxy) is 2. The van der Waals surface area contributed by atoms with Gasteiger partial charge in [0, 0.05) is 12.5 Å². The summed E-state index contributed by atoms with van der Waals surface area (Å²) in [6, 6.07) is 7.16. The van der Waals surface area contributed by atoms with Crippen LogP contribution in [0.5, 0.6) is 5.75 Å². The van der Waals surface area contributed by atoms with Gasteiger partial charge in [-0.15, -0.1) is 0 Å². The standard InChI is InChI=1S/C26H30FNO5S/c1-4-28(5-2)12-6-7-17-13-20(27)9-11-23(17)34(30,31)16-18-8-10-21-22-14-19(22)15-33-25(21)24(18)26(29)32-3/h6-11,13,19,22H,4-5,12,14-16H2,1-3H3/b7-6-. The second kappa shape index (κ2) is 9.88. The summed E-state index contributed by atoms with van der Waals surface area (Å²) >= 11 is 0. The Balaban J connectivity index is 1.69. The van der Waals surface area contributed by atoms with E-state index in [0.29, 0.717) is 36.3 Å². The molecule has 4 rings (SSSR count). The smallest absolute Gasteiger partial charge is 0.341 e. The fourth-order valence-electron chi connectivity index (χ4n) is 4.56. The van der Waals surface area contributed by atoms with Gasteiger partial charge in [0.25, 0.3) is 0 Å². The van der Waals surface area contributed by atoms with Crippen LogP contribution >= 0.6 is 0 Å². The zero-order valence-corrected chi connectivity index (χ0v) is 20.5. The normalized spacial score (nSPS) is 19.0. The van der Waals surface area contributed by atoms with Crippen LogP contribution in [-0.2, 0) is 20.3 Å². The molecule has 2 unspecified atom stereocenters. The molecule has 0 radical (unpaired) electrons. The monoisotopic (exact) mass is 487 g/mol. The highest BCUT2D eigenvalue weighted by molar-refractivity contribution is 7.90. The number of benzene rings is 2. The van der Waals surface area contributed by atoms with Crippen molar-refractivity contribution in [1.29, 1.82) is 0 Å². The number of methoxy groups -OCH3 is 1. The van der Waals surface area contributed by atoms with Gasteiger partial charge in [-0.25, -0.2) is 17.6 Å². The summed E-state index contributed by atoms with van der Waals surface area (Å²) in [5.41, 5.74) is 1.68. The van der Waals surface area contributed by atoms with Gasteiger partial charge in [0.1, 0.15) is 17.1 Å². The fourth-order valence-corrected chi connectivity index (χ4v) is 6.13. The van der Waals surface area contributed by atoms with E-state index in [-0.39, 0.29) is 16.0 Å². The van der Waals surface area contributed by atoms with Crippen LogP contribution < -0.4 is 4.74 Å². The lowest BCUT2D eigenvalue weighted by molar-refractivity contribution is 0.0594. The molecule has 1 saturated carbocycles. The van der Waals surface area contributed by atoms with Crippen molar-refractivity contribution in [3.63, 3.8) is 0 Å². The summed E-state index contributed by atoms with van der Waals surface area (Å²) < 4.78 is 51.8. The van der Waals surface area contributed by atoms with Crippen LogP contribution in [0.25, 0.3) is 6.08 Å². The van der Waals surface area contributed by atoms with Gasteiger partial charge in [0.05, 0.1) is 24.4 Å². The number of esters is 1. The van der Waals surface area contributed by atoms with Gasteiger partial charge < -0.3 is 14.4 Å². The number of likely N-dealkylation sites (N-methyl/N-ethyl adjacent to an activating group) is 1. The summed E-state index contributed by atoms with van der Waals surface area (Å²) in [7, 11) is -2.65. The second-order valence-electron chi connectivity index (χ2n) is 8.75. The summed E-state index contributed by atoms with van der Waals surface area (Å²) in [4.78, 5) is 14.8. The Morgan fingerprint density at radius 3 is 2.71 bits per heavy atom. The SMILES string of the molecule is CCN(CC)C/C=C\c1cc(F)ccc1S(=O)(=O)Cc1ccc2c(c1C(=O)OC)OCC1CC21. The van der Waals surface area contributed by atoms with Crippen LogP contribution in [0.1, 0.15) is 53.2 Å². The third-order valence-electron chi connectivity index (χ3n) is 6.64. The quantitative estimate of drug-likeness (QED) is 0.385. The maximum Gasteiger partial charge on any atom is 0.341 e. The maximum atomic E-state index is 14.0. The molecule has 0 amide bonds. The predicted octanol–water partition coefficient (Wildman–Crippen LogP) is 4.44. The zero-order chi connectivity index (χ0) is 24.5. The second-order valence-corrected chi connectivity index (χ2v) is 10.7. The number of sulfone groups is 1. The molecule has 1 fully saturated rings. The first-order valence-corrected chi connectivity index (χ1v) is 13.2. The van der Waals surface area contributed by atoms with Crippen molar-refractivity contribution in [3.8, 4) is 5.75 Å². The number of carbonyl (C=O) groups excluding carboxylic acids is 1. The van der Waals surface area contributed by atoms with E-state index in [1.807, 2.05) is 26.0 Å². The van der Waals surface area contributed by atoms with Crippen molar-refractivity contribution < 1.29 is 27.1 Å². The Morgan fingerprint density at radius 2 is 2.00 bits per heavy atom. The number of nitrogens with zero attached hydrogens (tertiary/aromatic N) is 1. The summed E-state index contributed by atoms with van der Waals surface area (Å²) in [5.74, 6) is -0.339. The highest BCUT2D eigenvalue weighted by atomic mass is 32.2. The number of halogens is 1. The molecule has 0 N–H and O–H groups in total. The van der Waals surface area contributed by atoms with E-state index >= 15 is 0 Å². The number of hydrogen-bond acceptors (Lipinski definition) is 6. The summed E-state index contributed by atoms with van der Waals surface area (Å²) in [6.45, 7) is 6.93. The Labute approximate surface area is 200 Å². The lowest BCUT2D eigenvalue weighted by atomic mass is 9.98. The number of fused-ring (bicyclic) bond motifs is 3. The predicted molar refractivity (Wildman–Crippen MR) is 128 cm³/mol. The van der Waals surface area contributed by atoms with Crippen LogP contribution in [0, 0.1) is 11.7 Å². The molecule has 2 atom stereocenters. The lowest BCUT2D eigenvalue weighted by Gasteiger charge is -2.21. The third kappa shape index (κ3) is 4.88. The minimum atomic E-state index is -3.91. The van der Waals surface area contributed by atoms with Crippen LogP contribution in [0.3, 0.4) is 0 Å². The molecule has 2 aliphatic rings. The van der Waals surface area contributed by atoms with Crippen LogP contribution in [0.2, 0.25) is 0 Å². The Kier molecular flexibility index (Phi) is 7.09. The van der Waals surface area contributed by atoms with E-state index < -0.39 is 27.4 Å². The van der Waals surface area contributed by atoms with Crippen molar-refractivity contribution in [3.05, 3.63) is 64.5 Å². The fraction of sp³-hybridized carbons (Fsp3) is 0.423. The van der Waals surface area contributed by atoms with Crippen LogP contribution in [0.4, 0.5) is 4.39 Å². The molecular formula is C26H30FNO5S. The van der Waals surface area contributed by atoms with E-state index in [2.05, 4.69) is 4.90 Å². The van der Waals surface area contributed by atoms with Crippen LogP contribution in [-0.4, -0.2) is 52.6 Å². The lowest BCUT2D eigenvalue weighted by Crippen LogP contribution is -2.22. The van der Waals surface area contributed by atoms with Crippen molar-refractivity contribution in [2.75, 3.05) is 33.4 Å². The molecule has 0 spiro atoms. The topological polar surface area (TPSA) is 72.9 Å². The Morgan fingerprint density at radius 1 is 1.24 bits per heavy atom. The molecule has 6 nitrogen and oxygen atoms in total. The molecule has 182 valence electrons. The number of rotatable bonds is 9. The number of hydrogen-bond donors (Lipinski definition) is 0. The van der Waals surface area contributed by atoms with Crippen molar-refractivity contribution in [2.24, 2.45) is 5.92 Å². The molecule has 1 heterocycles. The molecular weight excluding hydrogens is 457 g/mol. The summed E-state index contributed by atoms with van der Waals surface area (Å²) in [5, 5.41) is 0. The minimum Gasteiger partial charge on any atom is -0.492 e. The van der Waals surface area contributed by atoms with E-state index in [4.69, 9.17) is 9.47 Å². The average Bonchev–Trinajstić information content (AvgIpc) is 3.61. The van der Waals surface area contributed by atoms with E-state index in [0.717, 1.165) is 31.1 Å². The molecule has 1 aliphatic heterocycles. The Bertz CT molecular complexity index is 1220. The summed E-state index contributed by atoms with van der Waals surface area (Å²) in [6.07, 6.45) is 4.47. The Hall–Kier alpha value is -2.71. The minimum absolute atomic E-state index is 0.0152. The van der Waals surface area contributed by atoms with Crippen LogP contribution in [0.15, 0.2) is 41.3 Å². The molecule has 0 bridgehead atoms. The average molecular weight is 488 g/mol. The molecule has 34 heavy (non-hydrogen) atoms. The first-order chi connectivity index (χ1) is 16.3.